The van der Waals surface area contributed by atoms with E-state index in [1.165, 1.54) is 19.3 Å². The van der Waals surface area contributed by atoms with Crippen molar-refractivity contribution in [1.82, 2.24) is 20.4 Å². The summed E-state index contributed by atoms with van der Waals surface area (Å²) in [5, 5.41) is 7.57. The van der Waals surface area contributed by atoms with Crippen molar-refractivity contribution in [3.63, 3.8) is 0 Å². The lowest BCUT2D eigenvalue weighted by molar-refractivity contribution is -0.132. The molecule has 0 spiro atoms. The van der Waals surface area contributed by atoms with E-state index in [0.29, 0.717) is 18.4 Å². The zero-order chi connectivity index (χ0) is 14.9. The third kappa shape index (κ3) is 3.86. The number of carbonyl (C=O) groups is 1. The molecule has 2 aliphatic heterocycles. The molecular formula is C16H25ClN4O2. The van der Waals surface area contributed by atoms with Crippen LogP contribution in [0.15, 0.2) is 4.52 Å². The first-order valence-electron chi connectivity index (χ1n) is 8.64. The molecule has 1 N–H and O–H groups in total. The summed E-state index contributed by atoms with van der Waals surface area (Å²) in [6, 6.07) is 0.375. The number of hydrogen-bond acceptors (Lipinski definition) is 5. The van der Waals surface area contributed by atoms with Crippen molar-refractivity contribution in [3.8, 4) is 0 Å². The van der Waals surface area contributed by atoms with Gasteiger partial charge in [0.1, 0.15) is 0 Å². The molecule has 0 aromatic carbocycles. The lowest BCUT2D eigenvalue weighted by Crippen LogP contribution is -2.41. The third-order valence-corrected chi connectivity index (χ3v) is 5.11. The highest BCUT2D eigenvalue weighted by atomic mass is 35.5. The van der Waals surface area contributed by atoms with Gasteiger partial charge in [-0.25, -0.2) is 0 Å². The maximum Gasteiger partial charge on any atom is 0.229 e. The minimum atomic E-state index is 0. The SMILES string of the molecule is Cl.O=C(CC1CCCN1)N1CCCC(c2noc(C3CC3)n2)C1. The molecule has 1 aliphatic carbocycles. The number of nitrogens with one attached hydrogen (secondary N) is 1. The van der Waals surface area contributed by atoms with Crippen LogP contribution in [0, 0.1) is 0 Å². The normalized spacial score (nSPS) is 27.7. The summed E-state index contributed by atoms with van der Waals surface area (Å²) in [6.45, 7) is 2.66. The van der Waals surface area contributed by atoms with Crippen molar-refractivity contribution in [3.05, 3.63) is 11.7 Å². The fourth-order valence-electron chi connectivity index (χ4n) is 3.59. The second kappa shape index (κ2) is 7.18. The van der Waals surface area contributed by atoms with Gasteiger partial charge in [0.25, 0.3) is 0 Å². The number of likely N-dealkylation sites (tertiary alicyclic amines) is 1. The van der Waals surface area contributed by atoms with E-state index < -0.39 is 0 Å². The average molecular weight is 341 g/mol. The number of piperidine rings is 1. The van der Waals surface area contributed by atoms with Gasteiger partial charge in [-0.15, -0.1) is 12.4 Å². The van der Waals surface area contributed by atoms with Crippen molar-refractivity contribution in [2.45, 2.75) is 62.8 Å². The lowest BCUT2D eigenvalue weighted by atomic mass is 9.96. The van der Waals surface area contributed by atoms with Crippen LogP contribution in [0.5, 0.6) is 0 Å². The standard InChI is InChI=1S/C16H24N4O2.ClH/c21-14(9-13-4-1-7-17-13)20-8-2-3-12(10-20)15-18-16(22-19-15)11-5-6-11;/h11-13,17H,1-10H2;1H. The Balaban J connectivity index is 0.00000156. The molecule has 3 aliphatic rings. The molecular weight excluding hydrogens is 316 g/mol. The first-order valence-corrected chi connectivity index (χ1v) is 8.64. The Kier molecular flexibility index (Phi) is 5.21. The number of carbonyl (C=O) groups excluding carboxylic acids is 1. The largest absolute Gasteiger partial charge is 0.342 e. The molecule has 0 bridgehead atoms. The molecule has 2 unspecified atom stereocenters. The molecule has 2 saturated heterocycles. The number of aromatic nitrogens is 2. The number of hydrogen-bond donors (Lipinski definition) is 1. The van der Waals surface area contributed by atoms with Gasteiger partial charge in [-0.1, -0.05) is 5.16 Å². The van der Waals surface area contributed by atoms with E-state index in [1.807, 2.05) is 4.90 Å². The van der Waals surface area contributed by atoms with Gasteiger partial charge in [-0.3, -0.25) is 4.79 Å². The van der Waals surface area contributed by atoms with Gasteiger partial charge in [0, 0.05) is 37.4 Å². The Morgan fingerprint density at radius 1 is 1.22 bits per heavy atom. The summed E-state index contributed by atoms with van der Waals surface area (Å²) in [5.41, 5.74) is 0. The zero-order valence-corrected chi connectivity index (χ0v) is 14.2. The van der Waals surface area contributed by atoms with Crippen molar-refractivity contribution in [1.29, 1.82) is 0 Å². The van der Waals surface area contributed by atoms with Gasteiger partial charge in [0.05, 0.1) is 0 Å². The summed E-state index contributed by atoms with van der Waals surface area (Å²) in [5.74, 6) is 2.61. The number of amides is 1. The van der Waals surface area contributed by atoms with Gasteiger partial charge >= 0.3 is 0 Å². The predicted molar refractivity (Wildman–Crippen MR) is 87.7 cm³/mol. The maximum atomic E-state index is 12.5. The van der Waals surface area contributed by atoms with Crippen LogP contribution >= 0.6 is 12.4 Å². The van der Waals surface area contributed by atoms with Crippen LogP contribution in [-0.4, -0.2) is 46.6 Å². The summed E-state index contributed by atoms with van der Waals surface area (Å²) in [4.78, 5) is 19.0. The van der Waals surface area contributed by atoms with Crippen molar-refractivity contribution >= 4 is 18.3 Å². The molecule has 0 radical (unpaired) electrons. The van der Waals surface area contributed by atoms with E-state index in [1.54, 1.807) is 0 Å². The molecule has 1 saturated carbocycles. The van der Waals surface area contributed by atoms with E-state index in [-0.39, 0.29) is 24.2 Å². The second-order valence-electron chi connectivity index (χ2n) is 6.94. The van der Waals surface area contributed by atoms with E-state index in [4.69, 9.17) is 4.52 Å². The molecule has 128 valence electrons. The minimum Gasteiger partial charge on any atom is -0.342 e. The first-order chi connectivity index (χ1) is 10.8. The fraction of sp³-hybridized carbons (Fsp3) is 0.812. The second-order valence-corrected chi connectivity index (χ2v) is 6.94. The zero-order valence-electron chi connectivity index (χ0n) is 13.4. The first kappa shape index (κ1) is 16.7. The fourth-order valence-corrected chi connectivity index (χ4v) is 3.59. The molecule has 6 nitrogen and oxygen atoms in total. The van der Waals surface area contributed by atoms with E-state index >= 15 is 0 Å². The van der Waals surface area contributed by atoms with Gasteiger partial charge in [0.15, 0.2) is 5.82 Å². The molecule has 1 aromatic heterocycles. The quantitative estimate of drug-likeness (QED) is 0.910. The number of rotatable bonds is 4. The van der Waals surface area contributed by atoms with Gasteiger partial charge in [-0.05, 0) is 45.1 Å². The predicted octanol–water partition coefficient (Wildman–Crippen LogP) is 2.22. The van der Waals surface area contributed by atoms with Crippen LogP contribution in [0.4, 0.5) is 0 Å². The smallest absolute Gasteiger partial charge is 0.229 e. The van der Waals surface area contributed by atoms with Crippen LogP contribution in [0.1, 0.15) is 68.5 Å². The average Bonchev–Trinajstić information content (AvgIpc) is 3.06. The molecule has 3 heterocycles. The lowest BCUT2D eigenvalue weighted by Gasteiger charge is -2.32. The highest BCUT2D eigenvalue weighted by Crippen LogP contribution is 2.39. The maximum absolute atomic E-state index is 12.5. The van der Waals surface area contributed by atoms with Gasteiger partial charge in [-0.2, -0.15) is 4.98 Å². The molecule has 7 heteroatoms. The molecule has 1 aromatic rings. The number of halogens is 1. The third-order valence-electron chi connectivity index (χ3n) is 5.11. The van der Waals surface area contributed by atoms with Crippen LogP contribution in [0.25, 0.3) is 0 Å². The van der Waals surface area contributed by atoms with Gasteiger partial charge in [0.2, 0.25) is 11.8 Å². The Morgan fingerprint density at radius 3 is 2.83 bits per heavy atom. The Hall–Kier alpha value is -1.14. The van der Waals surface area contributed by atoms with Crippen molar-refractivity contribution in [2.24, 2.45) is 0 Å². The highest BCUT2D eigenvalue weighted by molar-refractivity contribution is 5.85. The monoisotopic (exact) mass is 340 g/mol. The van der Waals surface area contributed by atoms with Crippen LogP contribution in [-0.2, 0) is 4.79 Å². The van der Waals surface area contributed by atoms with E-state index in [0.717, 1.165) is 50.6 Å². The molecule has 1 amide bonds. The van der Waals surface area contributed by atoms with Crippen LogP contribution in [0.3, 0.4) is 0 Å². The molecule has 23 heavy (non-hydrogen) atoms. The summed E-state index contributed by atoms with van der Waals surface area (Å²) in [6.07, 6.45) is 7.37. The van der Waals surface area contributed by atoms with Crippen molar-refractivity contribution < 1.29 is 9.32 Å². The molecule has 2 atom stereocenters. The summed E-state index contributed by atoms with van der Waals surface area (Å²) < 4.78 is 5.37. The Morgan fingerprint density at radius 2 is 2.09 bits per heavy atom. The number of nitrogens with zero attached hydrogens (tertiary/aromatic N) is 3. The van der Waals surface area contributed by atoms with Crippen LogP contribution in [0.2, 0.25) is 0 Å². The minimum absolute atomic E-state index is 0. The highest BCUT2D eigenvalue weighted by Gasteiger charge is 2.33. The van der Waals surface area contributed by atoms with Gasteiger partial charge < -0.3 is 14.7 Å². The summed E-state index contributed by atoms with van der Waals surface area (Å²) in [7, 11) is 0. The molecule has 3 fully saturated rings. The van der Waals surface area contributed by atoms with Crippen LogP contribution < -0.4 is 5.32 Å². The van der Waals surface area contributed by atoms with E-state index in [9.17, 15) is 4.79 Å². The topological polar surface area (TPSA) is 71.3 Å². The van der Waals surface area contributed by atoms with Crippen molar-refractivity contribution in [2.75, 3.05) is 19.6 Å². The Bertz CT molecular complexity index is 540. The Labute approximate surface area is 142 Å². The molecule has 4 rings (SSSR count). The summed E-state index contributed by atoms with van der Waals surface area (Å²) >= 11 is 0. The van der Waals surface area contributed by atoms with E-state index in [2.05, 4.69) is 15.5 Å².